The zero-order chi connectivity index (χ0) is 23.4. The van der Waals surface area contributed by atoms with E-state index in [2.05, 4.69) is 0 Å². The largest absolute Gasteiger partial charge is 0.493 e. The molecular weight excluding hydrogens is 458 g/mol. The highest BCUT2D eigenvalue weighted by Gasteiger charge is 2.35. The summed E-state index contributed by atoms with van der Waals surface area (Å²) in [5.74, 6) is 0.775. The van der Waals surface area contributed by atoms with Crippen LogP contribution in [0.2, 0.25) is 5.02 Å². The van der Waals surface area contributed by atoms with Crippen molar-refractivity contribution in [1.29, 1.82) is 0 Å². The van der Waals surface area contributed by atoms with E-state index < -0.39 is 0 Å². The molecule has 0 bridgehead atoms. The van der Waals surface area contributed by atoms with E-state index in [9.17, 15) is 9.59 Å². The number of carbonyl (C=O) groups is 2. The highest BCUT2D eigenvalue weighted by molar-refractivity contribution is 8.18. The molecule has 0 saturated carbocycles. The summed E-state index contributed by atoms with van der Waals surface area (Å²) in [7, 11) is 1.56. The van der Waals surface area contributed by atoms with Gasteiger partial charge in [-0.05, 0) is 54.1 Å². The van der Waals surface area contributed by atoms with E-state index in [-0.39, 0.29) is 24.3 Å². The average molecular weight is 480 g/mol. The smallest absolute Gasteiger partial charge is 0.293 e. The number of thioether (sulfide) groups is 1. The molecular formula is C26H22ClNO4S. The predicted octanol–water partition coefficient (Wildman–Crippen LogP) is 6.47. The van der Waals surface area contributed by atoms with Crippen molar-refractivity contribution < 1.29 is 19.1 Å². The first-order chi connectivity index (χ1) is 15.9. The number of rotatable bonds is 7. The second-order valence-corrected chi connectivity index (χ2v) is 8.94. The van der Waals surface area contributed by atoms with Crippen molar-refractivity contribution >= 4 is 40.6 Å². The van der Waals surface area contributed by atoms with Gasteiger partial charge < -0.3 is 9.47 Å². The lowest BCUT2D eigenvalue weighted by Gasteiger charge is -2.13. The Kier molecular flexibility index (Phi) is 7.06. The Morgan fingerprint density at radius 2 is 1.76 bits per heavy atom. The minimum atomic E-state index is -0.306. The van der Waals surface area contributed by atoms with Gasteiger partial charge in [-0.2, -0.15) is 0 Å². The second-order valence-electron chi connectivity index (χ2n) is 7.54. The molecule has 0 spiro atoms. The fourth-order valence-electron chi connectivity index (χ4n) is 3.33. The maximum atomic E-state index is 12.9. The highest BCUT2D eigenvalue weighted by atomic mass is 35.5. The summed E-state index contributed by atoms with van der Waals surface area (Å²) in [5, 5.41) is 0.338. The Morgan fingerprint density at radius 1 is 1.00 bits per heavy atom. The van der Waals surface area contributed by atoms with Gasteiger partial charge in [0.2, 0.25) is 0 Å². The predicted molar refractivity (Wildman–Crippen MR) is 131 cm³/mol. The zero-order valence-electron chi connectivity index (χ0n) is 18.2. The van der Waals surface area contributed by atoms with E-state index in [0.29, 0.717) is 21.4 Å². The summed E-state index contributed by atoms with van der Waals surface area (Å²) in [6, 6.07) is 20.6. The van der Waals surface area contributed by atoms with Gasteiger partial charge in [0.05, 0.1) is 18.6 Å². The molecule has 0 N–H and O–H groups in total. The minimum absolute atomic E-state index is 0.247. The first-order valence-electron chi connectivity index (χ1n) is 10.3. The average Bonchev–Trinajstić information content (AvgIpc) is 3.07. The zero-order valence-corrected chi connectivity index (χ0v) is 19.8. The van der Waals surface area contributed by atoms with Gasteiger partial charge in [0.15, 0.2) is 11.5 Å². The number of hydrogen-bond donors (Lipinski definition) is 0. The van der Waals surface area contributed by atoms with Crippen LogP contribution in [0, 0.1) is 6.92 Å². The van der Waals surface area contributed by atoms with Crippen LogP contribution in [0.25, 0.3) is 6.08 Å². The van der Waals surface area contributed by atoms with Crippen molar-refractivity contribution in [2.45, 2.75) is 20.1 Å². The van der Waals surface area contributed by atoms with Gasteiger partial charge in [-0.1, -0.05) is 65.7 Å². The van der Waals surface area contributed by atoms with Crippen LogP contribution in [0.15, 0.2) is 71.6 Å². The van der Waals surface area contributed by atoms with E-state index in [1.54, 1.807) is 31.4 Å². The van der Waals surface area contributed by atoms with Gasteiger partial charge in [-0.15, -0.1) is 0 Å². The normalized spacial score (nSPS) is 14.8. The number of imide groups is 1. The number of carbonyl (C=O) groups excluding carboxylic acids is 2. The van der Waals surface area contributed by atoms with Crippen LogP contribution in [0.5, 0.6) is 11.5 Å². The third-order valence-corrected chi connectivity index (χ3v) is 6.44. The van der Waals surface area contributed by atoms with Gasteiger partial charge in [0.25, 0.3) is 11.1 Å². The standard InChI is InChI=1S/C26H22ClNO4S/c1-17-7-9-18(10-8-17)15-28-25(29)24(33-26(28)30)14-19-11-12-22(31-2)23(13-19)32-16-20-5-3-4-6-21(20)27/h3-14H,15-16H2,1-2H3/b24-14-. The molecule has 0 aromatic heterocycles. The Hall–Kier alpha value is -3.22. The van der Waals surface area contributed by atoms with Crippen molar-refractivity contribution in [3.63, 3.8) is 0 Å². The minimum Gasteiger partial charge on any atom is -0.493 e. The molecule has 1 heterocycles. The van der Waals surface area contributed by atoms with Gasteiger partial charge in [0.1, 0.15) is 6.61 Å². The quantitative estimate of drug-likeness (QED) is 0.363. The molecule has 0 unspecified atom stereocenters. The fourth-order valence-corrected chi connectivity index (χ4v) is 4.36. The van der Waals surface area contributed by atoms with Crippen molar-refractivity contribution in [1.82, 2.24) is 4.90 Å². The Bertz CT molecular complexity index is 1220. The molecule has 1 aliphatic heterocycles. The summed E-state index contributed by atoms with van der Waals surface area (Å²) < 4.78 is 11.4. The SMILES string of the molecule is COc1ccc(/C=C2\SC(=O)N(Cc3ccc(C)cc3)C2=O)cc1OCc1ccccc1Cl. The molecule has 33 heavy (non-hydrogen) atoms. The van der Waals surface area contributed by atoms with Crippen LogP contribution in [0.3, 0.4) is 0 Å². The lowest BCUT2D eigenvalue weighted by Crippen LogP contribution is -2.27. The lowest BCUT2D eigenvalue weighted by atomic mass is 10.1. The van der Waals surface area contributed by atoms with Crippen LogP contribution in [-0.4, -0.2) is 23.2 Å². The number of methoxy groups -OCH3 is 1. The maximum absolute atomic E-state index is 12.9. The maximum Gasteiger partial charge on any atom is 0.293 e. The van der Waals surface area contributed by atoms with Gasteiger partial charge in [0, 0.05) is 10.6 Å². The molecule has 168 valence electrons. The number of hydrogen-bond acceptors (Lipinski definition) is 5. The number of halogens is 1. The monoisotopic (exact) mass is 479 g/mol. The summed E-state index contributed by atoms with van der Waals surface area (Å²) in [5.41, 5.74) is 3.61. The van der Waals surface area contributed by atoms with Crippen LogP contribution in [0.1, 0.15) is 22.3 Å². The van der Waals surface area contributed by atoms with Crippen molar-refractivity contribution in [3.8, 4) is 11.5 Å². The number of aryl methyl sites for hydroxylation is 1. The summed E-state index contributed by atoms with van der Waals surface area (Å²) in [4.78, 5) is 27.0. The Labute approximate surface area is 202 Å². The first-order valence-corrected chi connectivity index (χ1v) is 11.5. The van der Waals surface area contributed by atoms with Crippen LogP contribution in [0.4, 0.5) is 4.79 Å². The molecule has 3 aromatic rings. The molecule has 0 radical (unpaired) electrons. The molecule has 2 amide bonds. The van der Waals surface area contributed by atoms with Gasteiger partial charge in [-0.3, -0.25) is 14.5 Å². The number of benzene rings is 3. The Morgan fingerprint density at radius 3 is 2.48 bits per heavy atom. The van der Waals surface area contributed by atoms with E-state index in [4.69, 9.17) is 21.1 Å². The molecule has 1 aliphatic rings. The molecule has 1 fully saturated rings. The lowest BCUT2D eigenvalue weighted by molar-refractivity contribution is -0.123. The Balaban J connectivity index is 1.52. The van der Waals surface area contributed by atoms with Crippen molar-refractivity contribution in [3.05, 3.63) is 98.9 Å². The van der Waals surface area contributed by atoms with Crippen LogP contribution in [-0.2, 0) is 17.9 Å². The third kappa shape index (κ3) is 5.41. The van der Waals surface area contributed by atoms with Gasteiger partial charge >= 0.3 is 0 Å². The van der Waals surface area contributed by atoms with Crippen molar-refractivity contribution in [2.24, 2.45) is 0 Å². The van der Waals surface area contributed by atoms with E-state index in [1.807, 2.05) is 55.5 Å². The molecule has 1 saturated heterocycles. The molecule has 0 aliphatic carbocycles. The molecule has 5 nitrogen and oxygen atoms in total. The van der Waals surface area contributed by atoms with E-state index >= 15 is 0 Å². The van der Waals surface area contributed by atoms with E-state index in [0.717, 1.165) is 34.0 Å². The van der Waals surface area contributed by atoms with Gasteiger partial charge in [-0.25, -0.2) is 0 Å². The van der Waals surface area contributed by atoms with E-state index in [1.165, 1.54) is 4.90 Å². The van der Waals surface area contributed by atoms with Crippen LogP contribution < -0.4 is 9.47 Å². The van der Waals surface area contributed by atoms with Crippen LogP contribution >= 0.6 is 23.4 Å². The molecule has 3 aromatic carbocycles. The summed E-state index contributed by atoms with van der Waals surface area (Å²) >= 11 is 7.16. The topological polar surface area (TPSA) is 55.8 Å². The first kappa shape index (κ1) is 23.0. The molecule has 0 atom stereocenters. The highest BCUT2D eigenvalue weighted by Crippen LogP contribution is 2.35. The fraction of sp³-hybridized carbons (Fsp3) is 0.154. The second kappa shape index (κ2) is 10.1. The number of ether oxygens (including phenoxy) is 2. The molecule has 7 heteroatoms. The number of amides is 2. The van der Waals surface area contributed by atoms with Crippen molar-refractivity contribution in [2.75, 3.05) is 7.11 Å². The number of nitrogens with zero attached hydrogens (tertiary/aromatic N) is 1. The third-order valence-electron chi connectivity index (χ3n) is 5.16. The summed E-state index contributed by atoms with van der Waals surface area (Å²) in [6.45, 7) is 2.51. The molecule has 4 rings (SSSR count). The summed E-state index contributed by atoms with van der Waals surface area (Å²) in [6.07, 6.45) is 1.70.